The highest BCUT2D eigenvalue weighted by atomic mass is 16.5. The Labute approximate surface area is 321 Å². The van der Waals surface area contributed by atoms with E-state index in [4.69, 9.17) is 9.47 Å². The van der Waals surface area contributed by atoms with Gasteiger partial charge in [0.15, 0.2) is 0 Å². The number of carbonyl (C=O) groups excluding carboxylic acids is 2. The van der Waals surface area contributed by atoms with E-state index in [9.17, 15) is 9.59 Å². The molecule has 0 fully saturated rings. The number of benzene rings is 9. The molecule has 9 aromatic rings. The molecule has 0 saturated carbocycles. The number of fused-ring (bicyclic) bond motifs is 4. The van der Waals surface area contributed by atoms with Crippen LogP contribution in [0.15, 0.2) is 202 Å². The van der Waals surface area contributed by atoms with Gasteiger partial charge in [0.05, 0.1) is 33.9 Å². The zero-order chi connectivity index (χ0) is 37.8. The highest BCUT2D eigenvalue weighted by Gasteiger charge is 2.17. The zero-order valence-corrected chi connectivity index (χ0v) is 29.7. The number of nitrogens with zero attached hydrogens (tertiary/aromatic N) is 4. The predicted molar refractivity (Wildman–Crippen MR) is 221 cm³/mol. The van der Waals surface area contributed by atoms with Crippen molar-refractivity contribution in [3.8, 4) is 11.5 Å². The summed E-state index contributed by atoms with van der Waals surface area (Å²) in [6.45, 7) is 0. The van der Waals surface area contributed by atoms with Crippen molar-refractivity contribution in [3.63, 3.8) is 0 Å². The molecule has 0 radical (unpaired) electrons. The number of hydrogen-bond donors (Lipinski definition) is 0. The average Bonchev–Trinajstić information content (AvgIpc) is 3.26. The highest BCUT2D eigenvalue weighted by molar-refractivity contribution is 6.02. The number of ether oxygens (including phenoxy) is 2. The van der Waals surface area contributed by atoms with Crippen molar-refractivity contribution in [2.75, 3.05) is 0 Å². The first-order chi connectivity index (χ1) is 27.6. The summed E-state index contributed by atoms with van der Waals surface area (Å²) < 4.78 is 11.7. The molecule has 0 unspecified atom stereocenters. The van der Waals surface area contributed by atoms with Gasteiger partial charge in [0, 0.05) is 32.3 Å². The third kappa shape index (κ3) is 6.74. The van der Waals surface area contributed by atoms with Crippen LogP contribution in [0.25, 0.3) is 43.1 Å². The summed E-state index contributed by atoms with van der Waals surface area (Å²) in [5.41, 5.74) is 3.36. The van der Waals surface area contributed by atoms with Crippen molar-refractivity contribution >= 4 is 77.8 Å². The van der Waals surface area contributed by atoms with Crippen LogP contribution in [-0.4, -0.2) is 11.9 Å². The van der Waals surface area contributed by atoms with Crippen LogP contribution in [0.4, 0.5) is 22.7 Å². The van der Waals surface area contributed by atoms with Gasteiger partial charge in [0.1, 0.15) is 11.5 Å². The Morgan fingerprint density at radius 1 is 0.304 bits per heavy atom. The summed E-state index contributed by atoms with van der Waals surface area (Å²) in [6.07, 6.45) is 0. The van der Waals surface area contributed by atoms with Gasteiger partial charge in [0.25, 0.3) is 0 Å². The van der Waals surface area contributed by atoms with E-state index < -0.39 is 11.9 Å². The quantitative estimate of drug-likeness (QED) is 0.0883. The maximum atomic E-state index is 13.3. The Hall–Kier alpha value is -7.84. The van der Waals surface area contributed by atoms with Crippen molar-refractivity contribution in [1.29, 1.82) is 0 Å². The van der Waals surface area contributed by atoms with Gasteiger partial charge in [-0.25, -0.2) is 9.59 Å². The topological polar surface area (TPSA) is 102 Å². The van der Waals surface area contributed by atoms with Gasteiger partial charge in [-0.1, -0.05) is 121 Å². The van der Waals surface area contributed by atoms with Crippen LogP contribution < -0.4 is 9.47 Å². The largest absolute Gasteiger partial charge is 0.422 e. The number of carbonyl (C=O) groups is 2. The Morgan fingerprint density at radius 3 is 1.04 bits per heavy atom. The SMILES string of the molecule is O=C(Oc1ccc(/N=N/c2cccc3ccccc23)c2ccccc12)c1ccc(C(=O)Oc2ccc(/N=N/c3cccc4ccccc34)c3ccccc23)cc1. The maximum absolute atomic E-state index is 13.3. The summed E-state index contributed by atoms with van der Waals surface area (Å²) >= 11 is 0. The first-order valence-electron chi connectivity index (χ1n) is 18.0. The fourth-order valence-electron chi connectivity index (χ4n) is 6.73. The van der Waals surface area contributed by atoms with Crippen LogP contribution in [0.2, 0.25) is 0 Å². The summed E-state index contributed by atoms with van der Waals surface area (Å²) in [5.74, 6) is -0.380. The lowest BCUT2D eigenvalue weighted by Gasteiger charge is -2.11. The van der Waals surface area contributed by atoms with E-state index in [1.54, 1.807) is 48.5 Å². The number of hydrogen-bond acceptors (Lipinski definition) is 8. The second kappa shape index (κ2) is 14.9. The molecule has 0 spiro atoms. The molecule has 0 atom stereocenters. The molecule has 0 heterocycles. The number of rotatable bonds is 8. The van der Waals surface area contributed by atoms with Crippen molar-refractivity contribution in [2.45, 2.75) is 0 Å². The summed E-state index contributed by atoms with van der Waals surface area (Å²) in [5, 5.41) is 25.4. The van der Waals surface area contributed by atoms with Crippen molar-refractivity contribution in [1.82, 2.24) is 0 Å². The van der Waals surface area contributed by atoms with Gasteiger partial charge in [-0.05, 0) is 71.4 Å². The Balaban J connectivity index is 0.908. The lowest BCUT2D eigenvalue weighted by atomic mass is 10.1. The molecule has 9 rings (SSSR count). The maximum Gasteiger partial charge on any atom is 0.343 e. The van der Waals surface area contributed by atoms with Crippen LogP contribution in [0.5, 0.6) is 11.5 Å². The normalized spacial score (nSPS) is 11.6. The van der Waals surface area contributed by atoms with E-state index in [0.717, 1.165) is 43.7 Å². The molecule has 0 bridgehead atoms. The van der Waals surface area contributed by atoms with E-state index in [-0.39, 0.29) is 11.1 Å². The fourth-order valence-corrected chi connectivity index (χ4v) is 6.73. The van der Waals surface area contributed by atoms with E-state index in [2.05, 4.69) is 20.5 Å². The van der Waals surface area contributed by atoms with Crippen LogP contribution in [0.1, 0.15) is 20.7 Å². The van der Waals surface area contributed by atoms with Gasteiger partial charge in [-0.15, -0.1) is 20.5 Å². The molecular formula is C48H30N4O4. The van der Waals surface area contributed by atoms with Crippen LogP contribution >= 0.6 is 0 Å². The van der Waals surface area contributed by atoms with Crippen LogP contribution in [0.3, 0.4) is 0 Å². The molecule has 0 aromatic heterocycles. The van der Waals surface area contributed by atoms with E-state index in [1.807, 2.05) is 133 Å². The van der Waals surface area contributed by atoms with Crippen molar-refractivity contribution < 1.29 is 19.1 Å². The molecule has 266 valence electrons. The van der Waals surface area contributed by atoms with Crippen molar-refractivity contribution in [3.05, 3.63) is 193 Å². The number of esters is 2. The summed E-state index contributed by atoms with van der Waals surface area (Å²) in [4.78, 5) is 26.7. The summed E-state index contributed by atoms with van der Waals surface area (Å²) in [7, 11) is 0. The lowest BCUT2D eigenvalue weighted by molar-refractivity contribution is 0.0723. The summed E-state index contributed by atoms with van der Waals surface area (Å²) in [6, 6.07) is 56.2. The van der Waals surface area contributed by atoms with Gasteiger partial charge in [0.2, 0.25) is 0 Å². The molecule has 0 N–H and O–H groups in total. The molecular weight excluding hydrogens is 697 g/mol. The molecule has 0 aliphatic rings. The molecule has 0 aliphatic carbocycles. The van der Waals surface area contributed by atoms with Gasteiger partial charge in [-0.3, -0.25) is 0 Å². The molecule has 0 amide bonds. The number of azo groups is 2. The fraction of sp³-hybridized carbons (Fsp3) is 0. The Bertz CT molecular complexity index is 2810. The molecule has 0 aliphatic heterocycles. The Kier molecular flexibility index (Phi) is 9.03. The van der Waals surface area contributed by atoms with E-state index >= 15 is 0 Å². The van der Waals surface area contributed by atoms with E-state index in [0.29, 0.717) is 33.6 Å². The molecule has 8 heteroatoms. The predicted octanol–water partition coefficient (Wildman–Crippen LogP) is 13.6. The minimum atomic E-state index is -0.570. The van der Waals surface area contributed by atoms with Gasteiger partial charge < -0.3 is 9.47 Å². The lowest BCUT2D eigenvalue weighted by Crippen LogP contribution is -2.11. The highest BCUT2D eigenvalue weighted by Crippen LogP contribution is 2.37. The van der Waals surface area contributed by atoms with Crippen LogP contribution in [0, 0.1) is 0 Å². The first kappa shape index (κ1) is 34.0. The zero-order valence-electron chi connectivity index (χ0n) is 29.7. The van der Waals surface area contributed by atoms with Gasteiger partial charge >= 0.3 is 11.9 Å². The van der Waals surface area contributed by atoms with Crippen LogP contribution in [-0.2, 0) is 0 Å². The molecule has 0 saturated heterocycles. The Morgan fingerprint density at radius 2 is 0.625 bits per heavy atom. The second-order valence-corrected chi connectivity index (χ2v) is 13.0. The minimum Gasteiger partial charge on any atom is -0.422 e. The third-order valence-corrected chi connectivity index (χ3v) is 9.55. The minimum absolute atomic E-state index is 0.275. The molecule has 56 heavy (non-hydrogen) atoms. The monoisotopic (exact) mass is 726 g/mol. The van der Waals surface area contributed by atoms with E-state index in [1.165, 1.54) is 0 Å². The standard InChI is InChI=1S/C48H30N4O4/c53-47(55-45-29-27-43(37-17-5-7-19-39(37)45)51-49-41-21-9-13-31-11-1-3-15-35(31)41)33-23-25-34(26-24-33)48(54)56-46-30-28-44(38-18-6-8-20-40(38)46)52-50-42-22-10-14-32-12-2-4-16-36(32)42/h1-30H/b51-49+,52-50+. The first-order valence-corrected chi connectivity index (χ1v) is 18.0. The molecule has 9 aromatic carbocycles. The second-order valence-electron chi connectivity index (χ2n) is 13.0. The third-order valence-electron chi connectivity index (χ3n) is 9.55. The van der Waals surface area contributed by atoms with Crippen molar-refractivity contribution in [2.24, 2.45) is 20.5 Å². The average molecular weight is 727 g/mol. The molecule has 8 nitrogen and oxygen atoms in total. The smallest absolute Gasteiger partial charge is 0.343 e. The van der Waals surface area contributed by atoms with Gasteiger partial charge in [-0.2, -0.15) is 0 Å².